The maximum Gasteiger partial charge on any atom is 0.316 e. The van der Waals surface area contributed by atoms with E-state index in [1.54, 1.807) is 25.1 Å². The number of carbonyl (C=O) groups is 1. The van der Waals surface area contributed by atoms with Crippen LogP contribution in [-0.4, -0.2) is 11.1 Å². The molecule has 0 saturated heterocycles. The van der Waals surface area contributed by atoms with E-state index in [0.717, 1.165) is 5.56 Å². The molecule has 0 aromatic heterocycles. The van der Waals surface area contributed by atoms with Gasteiger partial charge in [0.05, 0.1) is 18.3 Å². The Hall–Kier alpha value is -2.39. The largest absolute Gasteiger partial charge is 0.434 e. The molecule has 3 nitrogen and oxygen atoms in total. The Bertz CT molecular complexity index is 590. The summed E-state index contributed by atoms with van der Waals surface area (Å²) >= 11 is 0. The number of ether oxygens (including phenoxy) is 1. The van der Waals surface area contributed by atoms with Gasteiger partial charge in [0.25, 0.3) is 0 Å². The molecule has 0 aliphatic rings. The van der Waals surface area contributed by atoms with Crippen LogP contribution in [0, 0.1) is 5.92 Å². The third-order valence-corrected chi connectivity index (χ3v) is 3.23. The van der Waals surface area contributed by atoms with Crippen LogP contribution >= 0.6 is 0 Å². The molecule has 3 heteroatoms. The molecule has 2 atom stereocenters. The Kier molecular flexibility index (Phi) is 5.29. The van der Waals surface area contributed by atoms with E-state index in [-0.39, 0.29) is 0 Å². The first kappa shape index (κ1) is 15.0. The number of carbonyl (C=O) groups excluding carboxylic acids is 1. The maximum absolute atomic E-state index is 11.9. The van der Waals surface area contributed by atoms with Gasteiger partial charge in [-0.3, -0.25) is 4.79 Å². The SMILES string of the molecule is C[C@H](C(=O)O/C=C/c1ccccc1)[C@@H](O)c1ccccc1. The van der Waals surface area contributed by atoms with Gasteiger partial charge in [0.15, 0.2) is 0 Å². The van der Waals surface area contributed by atoms with E-state index in [1.807, 2.05) is 48.5 Å². The molecule has 2 aromatic rings. The van der Waals surface area contributed by atoms with E-state index in [9.17, 15) is 9.90 Å². The van der Waals surface area contributed by atoms with E-state index in [1.165, 1.54) is 6.26 Å². The van der Waals surface area contributed by atoms with Crippen LogP contribution in [0.2, 0.25) is 0 Å². The average Bonchev–Trinajstić information content (AvgIpc) is 2.55. The lowest BCUT2D eigenvalue weighted by atomic mass is 9.98. The molecular formula is C18H18O3. The second-order valence-electron chi connectivity index (χ2n) is 4.79. The van der Waals surface area contributed by atoms with Crippen molar-refractivity contribution in [2.75, 3.05) is 0 Å². The summed E-state index contributed by atoms with van der Waals surface area (Å²) in [5.41, 5.74) is 1.65. The fourth-order valence-corrected chi connectivity index (χ4v) is 1.92. The van der Waals surface area contributed by atoms with Crippen molar-refractivity contribution in [1.29, 1.82) is 0 Å². The normalized spacial score (nSPS) is 13.8. The molecular weight excluding hydrogens is 264 g/mol. The molecule has 2 aromatic carbocycles. The summed E-state index contributed by atoms with van der Waals surface area (Å²) in [6.07, 6.45) is 2.19. The molecule has 0 amide bonds. The fourth-order valence-electron chi connectivity index (χ4n) is 1.92. The lowest BCUT2D eigenvalue weighted by Gasteiger charge is -2.16. The minimum absolute atomic E-state index is 0.460. The third-order valence-electron chi connectivity index (χ3n) is 3.23. The van der Waals surface area contributed by atoms with Crippen LogP contribution < -0.4 is 0 Å². The Morgan fingerprint density at radius 2 is 1.62 bits per heavy atom. The van der Waals surface area contributed by atoms with Crippen LogP contribution in [0.5, 0.6) is 0 Å². The molecule has 0 radical (unpaired) electrons. The van der Waals surface area contributed by atoms with Gasteiger partial charge in [0.2, 0.25) is 0 Å². The Labute approximate surface area is 124 Å². The van der Waals surface area contributed by atoms with Crippen molar-refractivity contribution in [2.24, 2.45) is 5.92 Å². The fraction of sp³-hybridized carbons (Fsp3) is 0.167. The molecule has 0 fully saturated rings. The molecule has 0 unspecified atom stereocenters. The monoisotopic (exact) mass is 282 g/mol. The zero-order valence-electron chi connectivity index (χ0n) is 11.8. The summed E-state index contributed by atoms with van der Waals surface area (Å²) in [7, 11) is 0. The van der Waals surface area contributed by atoms with Crippen molar-refractivity contribution >= 4 is 12.0 Å². The van der Waals surface area contributed by atoms with Crippen LogP contribution in [0.3, 0.4) is 0 Å². The van der Waals surface area contributed by atoms with Gasteiger partial charge in [-0.1, -0.05) is 60.7 Å². The number of aliphatic hydroxyl groups excluding tert-OH is 1. The summed E-state index contributed by atoms with van der Waals surface area (Å²) in [6, 6.07) is 18.6. The predicted molar refractivity (Wildman–Crippen MR) is 82.1 cm³/mol. The first-order valence-corrected chi connectivity index (χ1v) is 6.83. The molecule has 2 rings (SSSR count). The number of esters is 1. The topological polar surface area (TPSA) is 46.5 Å². The van der Waals surface area contributed by atoms with Crippen LogP contribution in [-0.2, 0) is 9.53 Å². The highest BCUT2D eigenvalue weighted by atomic mass is 16.5. The predicted octanol–water partition coefficient (Wildman–Crippen LogP) is 3.57. The van der Waals surface area contributed by atoms with E-state index in [0.29, 0.717) is 5.56 Å². The molecule has 0 aliphatic heterocycles. The second-order valence-corrected chi connectivity index (χ2v) is 4.79. The maximum atomic E-state index is 11.9. The number of rotatable bonds is 5. The van der Waals surface area contributed by atoms with E-state index in [2.05, 4.69) is 0 Å². The van der Waals surface area contributed by atoms with Gasteiger partial charge in [-0.05, 0) is 24.1 Å². The first-order chi connectivity index (χ1) is 10.2. The Morgan fingerprint density at radius 3 is 2.24 bits per heavy atom. The number of benzene rings is 2. The van der Waals surface area contributed by atoms with Crippen LogP contribution in [0.1, 0.15) is 24.2 Å². The van der Waals surface area contributed by atoms with Gasteiger partial charge >= 0.3 is 5.97 Å². The molecule has 1 N–H and O–H groups in total. The zero-order chi connectivity index (χ0) is 15.1. The van der Waals surface area contributed by atoms with E-state index >= 15 is 0 Å². The minimum Gasteiger partial charge on any atom is -0.434 e. The average molecular weight is 282 g/mol. The molecule has 0 spiro atoms. The highest BCUT2D eigenvalue weighted by Gasteiger charge is 2.24. The van der Waals surface area contributed by atoms with Crippen LogP contribution in [0.15, 0.2) is 66.9 Å². The molecule has 108 valence electrons. The second kappa shape index (κ2) is 7.41. The summed E-state index contributed by atoms with van der Waals surface area (Å²) in [5.74, 6) is -1.09. The van der Waals surface area contributed by atoms with Gasteiger partial charge in [-0.15, -0.1) is 0 Å². The Balaban J connectivity index is 1.92. The molecule has 0 heterocycles. The van der Waals surface area contributed by atoms with Crippen molar-refractivity contribution in [2.45, 2.75) is 13.0 Å². The van der Waals surface area contributed by atoms with Gasteiger partial charge in [-0.25, -0.2) is 0 Å². The van der Waals surface area contributed by atoms with Crippen molar-refractivity contribution in [3.05, 3.63) is 78.1 Å². The van der Waals surface area contributed by atoms with Gasteiger partial charge in [-0.2, -0.15) is 0 Å². The van der Waals surface area contributed by atoms with Gasteiger partial charge in [0, 0.05) is 0 Å². The lowest BCUT2D eigenvalue weighted by molar-refractivity contribution is -0.145. The van der Waals surface area contributed by atoms with E-state index in [4.69, 9.17) is 4.74 Å². The lowest BCUT2D eigenvalue weighted by Crippen LogP contribution is -2.20. The molecule has 0 aliphatic carbocycles. The zero-order valence-corrected chi connectivity index (χ0v) is 11.8. The summed E-state index contributed by atoms with van der Waals surface area (Å²) in [4.78, 5) is 11.9. The summed E-state index contributed by atoms with van der Waals surface area (Å²) in [5, 5.41) is 10.2. The van der Waals surface area contributed by atoms with Crippen molar-refractivity contribution < 1.29 is 14.6 Å². The number of hydrogen-bond acceptors (Lipinski definition) is 3. The number of hydrogen-bond donors (Lipinski definition) is 1. The highest BCUT2D eigenvalue weighted by molar-refractivity contribution is 5.74. The summed E-state index contributed by atoms with van der Waals surface area (Å²) < 4.78 is 5.07. The van der Waals surface area contributed by atoms with Crippen molar-refractivity contribution in [3.8, 4) is 0 Å². The van der Waals surface area contributed by atoms with Gasteiger partial charge < -0.3 is 9.84 Å². The minimum atomic E-state index is -0.871. The van der Waals surface area contributed by atoms with Crippen molar-refractivity contribution in [3.63, 3.8) is 0 Å². The number of aliphatic hydroxyl groups is 1. The standard InChI is InChI=1S/C18H18O3/c1-14(17(19)16-10-6-3-7-11-16)18(20)21-13-12-15-8-4-2-5-9-15/h2-14,17,19H,1H3/b13-12+/t14-,17+/m0/s1. The Morgan fingerprint density at radius 1 is 1.05 bits per heavy atom. The molecule has 0 bridgehead atoms. The molecule has 21 heavy (non-hydrogen) atoms. The van der Waals surface area contributed by atoms with Crippen LogP contribution in [0.25, 0.3) is 6.08 Å². The first-order valence-electron chi connectivity index (χ1n) is 6.83. The van der Waals surface area contributed by atoms with Gasteiger partial charge in [0.1, 0.15) is 0 Å². The van der Waals surface area contributed by atoms with E-state index < -0.39 is 18.0 Å². The molecule has 0 saturated carbocycles. The highest BCUT2D eigenvalue weighted by Crippen LogP contribution is 2.22. The third kappa shape index (κ3) is 4.29. The van der Waals surface area contributed by atoms with Crippen LogP contribution in [0.4, 0.5) is 0 Å². The summed E-state index contributed by atoms with van der Waals surface area (Å²) in [6.45, 7) is 1.65. The van der Waals surface area contributed by atoms with Crippen molar-refractivity contribution in [1.82, 2.24) is 0 Å². The quantitative estimate of drug-likeness (QED) is 0.673. The smallest absolute Gasteiger partial charge is 0.316 e.